The Morgan fingerprint density at radius 2 is 1.76 bits per heavy atom. The highest BCUT2D eigenvalue weighted by atomic mass is 127. The van der Waals surface area contributed by atoms with E-state index in [0.29, 0.717) is 12.1 Å². The molecule has 0 bridgehead atoms. The number of sulfone groups is 1. The van der Waals surface area contributed by atoms with Gasteiger partial charge in [0.1, 0.15) is 0 Å². The van der Waals surface area contributed by atoms with Crippen molar-refractivity contribution in [2.45, 2.75) is 11.0 Å². The topological polar surface area (TPSA) is 66.4 Å². The maximum atomic E-state index is 11.4. The number of benzene rings is 2. The standard InChI is InChI=1S/C15H16INO3S/c1-21(19,20)12-8-6-11(7-9-12)15(18)10-17-14-5-3-2-4-13(14)16/h2-9,15,17-18H,10H2,1H3. The molecule has 0 fully saturated rings. The molecule has 0 saturated carbocycles. The van der Waals surface area contributed by atoms with E-state index in [1.807, 2.05) is 24.3 Å². The lowest BCUT2D eigenvalue weighted by Crippen LogP contribution is -2.13. The summed E-state index contributed by atoms with van der Waals surface area (Å²) in [5.41, 5.74) is 1.64. The van der Waals surface area contributed by atoms with E-state index < -0.39 is 15.9 Å². The van der Waals surface area contributed by atoms with Crippen molar-refractivity contribution in [3.63, 3.8) is 0 Å². The summed E-state index contributed by atoms with van der Waals surface area (Å²) in [6.45, 7) is 0.359. The molecule has 6 heteroatoms. The molecule has 1 atom stereocenters. The van der Waals surface area contributed by atoms with Gasteiger partial charge in [0, 0.05) is 22.1 Å². The fourth-order valence-electron chi connectivity index (χ4n) is 1.87. The number of rotatable bonds is 5. The third-order valence-corrected chi connectivity index (χ3v) is 5.12. The van der Waals surface area contributed by atoms with E-state index in [1.165, 1.54) is 12.1 Å². The third kappa shape index (κ3) is 4.42. The Morgan fingerprint density at radius 1 is 1.14 bits per heavy atom. The number of anilines is 1. The monoisotopic (exact) mass is 417 g/mol. The average molecular weight is 417 g/mol. The second kappa shape index (κ2) is 6.76. The van der Waals surface area contributed by atoms with Crippen LogP contribution >= 0.6 is 22.6 Å². The summed E-state index contributed by atoms with van der Waals surface area (Å²) in [5.74, 6) is 0. The van der Waals surface area contributed by atoms with Crippen LogP contribution in [0.2, 0.25) is 0 Å². The van der Waals surface area contributed by atoms with E-state index in [9.17, 15) is 13.5 Å². The van der Waals surface area contributed by atoms with Gasteiger partial charge in [0.25, 0.3) is 0 Å². The fraction of sp³-hybridized carbons (Fsp3) is 0.200. The number of nitrogens with one attached hydrogen (secondary N) is 1. The van der Waals surface area contributed by atoms with E-state index in [0.717, 1.165) is 15.5 Å². The van der Waals surface area contributed by atoms with Gasteiger partial charge in [0.2, 0.25) is 0 Å². The second-order valence-electron chi connectivity index (χ2n) is 4.72. The molecule has 2 aromatic rings. The van der Waals surface area contributed by atoms with E-state index in [4.69, 9.17) is 0 Å². The normalized spacial score (nSPS) is 12.9. The van der Waals surface area contributed by atoms with Crippen molar-refractivity contribution in [3.8, 4) is 0 Å². The molecule has 1 unspecified atom stereocenters. The molecule has 0 aliphatic carbocycles. The molecule has 0 amide bonds. The minimum atomic E-state index is -3.20. The molecule has 0 saturated heterocycles. The van der Waals surface area contributed by atoms with Crippen molar-refractivity contribution in [1.82, 2.24) is 0 Å². The summed E-state index contributed by atoms with van der Waals surface area (Å²) in [5, 5.41) is 13.3. The van der Waals surface area contributed by atoms with Crippen LogP contribution in [0.5, 0.6) is 0 Å². The van der Waals surface area contributed by atoms with Crippen molar-refractivity contribution in [2.75, 3.05) is 18.1 Å². The Balaban J connectivity index is 2.04. The van der Waals surface area contributed by atoms with Crippen LogP contribution in [0.1, 0.15) is 11.7 Å². The SMILES string of the molecule is CS(=O)(=O)c1ccc(C(O)CNc2ccccc2I)cc1. The van der Waals surface area contributed by atoms with Gasteiger partial charge in [0.15, 0.2) is 9.84 Å². The predicted octanol–water partition coefficient (Wildman–Crippen LogP) is 2.84. The Hall–Kier alpha value is -1.12. The number of hydrogen-bond acceptors (Lipinski definition) is 4. The molecular formula is C15H16INO3S. The molecule has 0 radical (unpaired) electrons. The van der Waals surface area contributed by atoms with Crippen LogP contribution in [0, 0.1) is 3.57 Å². The highest BCUT2D eigenvalue weighted by molar-refractivity contribution is 14.1. The van der Waals surface area contributed by atoms with E-state index in [1.54, 1.807) is 12.1 Å². The Bertz CT molecular complexity index is 714. The van der Waals surface area contributed by atoms with E-state index >= 15 is 0 Å². The maximum Gasteiger partial charge on any atom is 0.175 e. The number of halogens is 1. The summed E-state index contributed by atoms with van der Waals surface area (Å²) in [4.78, 5) is 0.254. The van der Waals surface area contributed by atoms with Crippen LogP contribution < -0.4 is 5.32 Å². The largest absolute Gasteiger partial charge is 0.387 e. The van der Waals surface area contributed by atoms with Gasteiger partial charge in [-0.15, -0.1) is 0 Å². The predicted molar refractivity (Wildman–Crippen MR) is 92.2 cm³/mol. The quantitative estimate of drug-likeness (QED) is 0.735. The van der Waals surface area contributed by atoms with Crippen molar-refractivity contribution in [2.24, 2.45) is 0 Å². The number of para-hydroxylation sites is 1. The molecule has 2 rings (SSSR count). The summed E-state index contributed by atoms with van der Waals surface area (Å²) < 4.78 is 23.9. The molecule has 0 heterocycles. The first kappa shape index (κ1) is 16.3. The zero-order valence-corrected chi connectivity index (χ0v) is 14.4. The third-order valence-electron chi connectivity index (χ3n) is 3.05. The fourth-order valence-corrected chi connectivity index (χ4v) is 3.07. The lowest BCUT2D eigenvalue weighted by molar-refractivity contribution is 0.191. The number of aliphatic hydroxyl groups is 1. The molecule has 2 N–H and O–H groups in total. The number of aliphatic hydroxyl groups excluding tert-OH is 1. The van der Waals surface area contributed by atoms with Gasteiger partial charge in [-0.05, 0) is 52.4 Å². The highest BCUT2D eigenvalue weighted by Crippen LogP contribution is 2.20. The minimum absolute atomic E-state index is 0.254. The van der Waals surface area contributed by atoms with Gasteiger partial charge in [-0.1, -0.05) is 24.3 Å². The average Bonchev–Trinajstić information content (AvgIpc) is 2.45. The van der Waals surface area contributed by atoms with E-state index in [2.05, 4.69) is 27.9 Å². The molecule has 0 aromatic heterocycles. The first-order valence-corrected chi connectivity index (χ1v) is 9.31. The molecule has 0 aliphatic heterocycles. The van der Waals surface area contributed by atoms with Crippen molar-refractivity contribution >= 4 is 38.1 Å². The van der Waals surface area contributed by atoms with Crippen LogP contribution in [0.4, 0.5) is 5.69 Å². The van der Waals surface area contributed by atoms with Crippen molar-refractivity contribution in [3.05, 3.63) is 57.7 Å². The van der Waals surface area contributed by atoms with Crippen LogP contribution in [0.3, 0.4) is 0 Å². The molecule has 112 valence electrons. The summed E-state index contributed by atoms with van der Waals surface area (Å²) in [6.07, 6.45) is 0.465. The lowest BCUT2D eigenvalue weighted by Gasteiger charge is -2.14. The van der Waals surface area contributed by atoms with Gasteiger partial charge in [0.05, 0.1) is 11.0 Å². The zero-order chi connectivity index (χ0) is 15.5. The maximum absolute atomic E-state index is 11.4. The summed E-state index contributed by atoms with van der Waals surface area (Å²) in [6, 6.07) is 14.1. The van der Waals surface area contributed by atoms with Gasteiger partial charge < -0.3 is 10.4 Å². The van der Waals surface area contributed by atoms with Crippen molar-refractivity contribution < 1.29 is 13.5 Å². The minimum Gasteiger partial charge on any atom is -0.387 e. The van der Waals surface area contributed by atoms with Crippen LogP contribution in [-0.4, -0.2) is 26.3 Å². The first-order valence-electron chi connectivity index (χ1n) is 6.34. The molecule has 0 spiro atoms. The highest BCUT2D eigenvalue weighted by Gasteiger charge is 2.11. The van der Waals surface area contributed by atoms with Gasteiger partial charge in [-0.2, -0.15) is 0 Å². The van der Waals surface area contributed by atoms with Gasteiger partial charge in [-0.25, -0.2) is 8.42 Å². The van der Waals surface area contributed by atoms with E-state index in [-0.39, 0.29) is 4.90 Å². The van der Waals surface area contributed by atoms with Gasteiger partial charge >= 0.3 is 0 Å². The second-order valence-corrected chi connectivity index (χ2v) is 7.90. The first-order chi connectivity index (χ1) is 9.88. The van der Waals surface area contributed by atoms with Crippen LogP contribution in [0.25, 0.3) is 0 Å². The van der Waals surface area contributed by atoms with Crippen LogP contribution in [-0.2, 0) is 9.84 Å². The molecule has 0 aliphatic rings. The van der Waals surface area contributed by atoms with Gasteiger partial charge in [-0.3, -0.25) is 0 Å². The Labute approximate surface area is 138 Å². The molecule has 2 aromatic carbocycles. The Morgan fingerprint density at radius 3 is 2.33 bits per heavy atom. The van der Waals surface area contributed by atoms with Crippen LogP contribution in [0.15, 0.2) is 53.4 Å². The Kier molecular flexibility index (Phi) is 5.23. The zero-order valence-electron chi connectivity index (χ0n) is 11.5. The summed E-state index contributed by atoms with van der Waals surface area (Å²) in [7, 11) is -3.20. The lowest BCUT2D eigenvalue weighted by atomic mass is 10.1. The molecule has 4 nitrogen and oxygen atoms in total. The van der Waals surface area contributed by atoms with Crippen molar-refractivity contribution in [1.29, 1.82) is 0 Å². The number of hydrogen-bond donors (Lipinski definition) is 2. The smallest absolute Gasteiger partial charge is 0.175 e. The summed E-state index contributed by atoms with van der Waals surface area (Å²) >= 11 is 2.22. The molecule has 21 heavy (non-hydrogen) atoms. The molecular weight excluding hydrogens is 401 g/mol.